The van der Waals surface area contributed by atoms with Gasteiger partial charge < -0.3 is 16.0 Å². The highest BCUT2D eigenvalue weighted by Gasteiger charge is 2.15. The van der Waals surface area contributed by atoms with Crippen LogP contribution in [0, 0.1) is 11.6 Å². The summed E-state index contributed by atoms with van der Waals surface area (Å²) < 4.78 is 26.6. The summed E-state index contributed by atoms with van der Waals surface area (Å²) in [5.41, 5.74) is 0.563. The molecule has 0 atom stereocenters. The van der Waals surface area contributed by atoms with E-state index in [-0.39, 0.29) is 23.7 Å². The molecule has 0 radical (unpaired) electrons. The molecule has 3 N–H and O–H groups in total. The van der Waals surface area contributed by atoms with Crippen LogP contribution >= 0.6 is 0 Å². The van der Waals surface area contributed by atoms with Crippen LogP contribution in [0.3, 0.4) is 0 Å². The molecule has 0 aliphatic carbocycles. The lowest BCUT2D eigenvalue weighted by atomic mass is 10.1. The number of hydrogen-bond donors (Lipinski definition) is 3. The van der Waals surface area contributed by atoms with Gasteiger partial charge >= 0.3 is 0 Å². The van der Waals surface area contributed by atoms with Gasteiger partial charge in [-0.2, -0.15) is 0 Å². The summed E-state index contributed by atoms with van der Waals surface area (Å²) >= 11 is 0. The second kappa shape index (κ2) is 7.95. The Balaban J connectivity index is 1.90. The van der Waals surface area contributed by atoms with Crippen LogP contribution in [-0.4, -0.2) is 23.9 Å². The zero-order valence-electron chi connectivity index (χ0n) is 14.8. The van der Waals surface area contributed by atoms with Gasteiger partial charge in [-0.25, -0.2) is 8.78 Å². The molecule has 2 amide bonds. The molecule has 2 rings (SSSR count). The van der Waals surface area contributed by atoms with Crippen LogP contribution in [0.4, 0.5) is 20.2 Å². The Morgan fingerprint density at radius 3 is 2.27 bits per heavy atom. The van der Waals surface area contributed by atoms with E-state index in [9.17, 15) is 18.4 Å². The Hall–Kier alpha value is -2.96. The second-order valence-corrected chi connectivity index (χ2v) is 6.81. The van der Waals surface area contributed by atoms with Gasteiger partial charge in [0.1, 0.15) is 11.6 Å². The fourth-order valence-corrected chi connectivity index (χ4v) is 2.12. The van der Waals surface area contributed by atoms with Crippen molar-refractivity contribution in [3.63, 3.8) is 0 Å². The minimum absolute atomic E-state index is 0.135. The number of carbonyl (C=O) groups excluding carboxylic acids is 2. The van der Waals surface area contributed by atoms with Crippen molar-refractivity contribution >= 4 is 23.2 Å². The van der Waals surface area contributed by atoms with Crippen molar-refractivity contribution in [1.29, 1.82) is 0 Å². The van der Waals surface area contributed by atoms with Gasteiger partial charge in [-0.1, -0.05) is 0 Å². The van der Waals surface area contributed by atoms with E-state index in [0.717, 1.165) is 18.2 Å². The standard InChI is InChI=1S/C19H21F2N3O2/c1-19(2,3)24-18(26)12-4-7-14(8-5-12)22-11-17(25)23-16-10-13(20)6-9-15(16)21/h4-10,22H,11H2,1-3H3,(H,23,25)(H,24,26). The molecular formula is C19H21F2N3O2. The number of nitrogens with one attached hydrogen (secondary N) is 3. The van der Waals surface area contributed by atoms with Crippen molar-refractivity contribution in [1.82, 2.24) is 5.32 Å². The predicted molar refractivity (Wildman–Crippen MR) is 97.1 cm³/mol. The second-order valence-electron chi connectivity index (χ2n) is 6.81. The lowest BCUT2D eigenvalue weighted by Crippen LogP contribution is -2.40. The molecule has 2 aromatic carbocycles. The zero-order valence-corrected chi connectivity index (χ0v) is 14.8. The fraction of sp³-hybridized carbons (Fsp3) is 0.263. The van der Waals surface area contributed by atoms with Crippen molar-refractivity contribution < 1.29 is 18.4 Å². The highest BCUT2D eigenvalue weighted by atomic mass is 19.1. The normalized spacial score (nSPS) is 11.0. The van der Waals surface area contributed by atoms with E-state index in [1.54, 1.807) is 24.3 Å². The number of carbonyl (C=O) groups is 2. The molecular weight excluding hydrogens is 340 g/mol. The highest BCUT2D eigenvalue weighted by Crippen LogP contribution is 2.15. The molecule has 7 heteroatoms. The first-order chi connectivity index (χ1) is 12.1. The number of anilines is 2. The summed E-state index contributed by atoms with van der Waals surface area (Å²) in [4.78, 5) is 23.9. The molecule has 0 fully saturated rings. The molecule has 0 heterocycles. The molecule has 0 bridgehead atoms. The van der Waals surface area contributed by atoms with E-state index < -0.39 is 17.5 Å². The average Bonchev–Trinajstić information content (AvgIpc) is 2.55. The lowest BCUT2D eigenvalue weighted by molar-refractivity contribution is -0.114. The molecule has 0 saturated heterocycles. The van der Waals surface area contributed by atoms with Crippen molar-refractivity contribution in [3.8, 4) is 0 Å². The van der Waals surface area contributed by atoms with Crippen molar-refractivity contribution in [2.45, 2.75) is 26.3 Å². The summed E-state index contributed by atoms with van der Waals surface area (Å²) in [6.07, 6.45) is 0. The first-order valence-electron chi connectivity index (χ1n) is 8.05. The first kappa shape index (κ1) is 19.4. The zero-order chi connectivity index (χ0) is 19.3. The molecule has 5 nitrogen and oxygen atoms in total. The van der Waals surface area contributed by atoms with Crippen LogP contribution in [0.2, 0.25) is 0 Å². The number of halogens is 2. The fourth-order valence-electron chi connectivity index (χ4n) is 2.12. The average molecular weight is 361 g/mol. The third-order valence-electron chi connectivity index (χ3n) is 3.29. The quantitative estimate of drug-likeness (QED) is 0.763. The predicted octanol–water partition coefficient (Wildman–Crippen LogP) is 3.54. The number of benzene rings is 2. The molecule has 0 aliphatic rings. The Morgan fingerprint density at radius 2 is 1.65 bits per heavy atom. The van der Waals surface area contributed by atoms with Gasteiger partial charge in [0.05, 0.1) is 12.2 Å². The van der Waals surface area contributed by atoms with Crippen molar-refractivity contribution in [2.75, 3.05) is 17.2 Å². The number of hydrogen-bond acceptors (Lipinski definition) is 3. The summed E-state index contributed by atoms with van der Waals surface area (Å²) in [6, 6.07) is 9.42. The van der Waals surface area contributed by atoms with E-state index >= 15 is 0 Å². The molecule has 0 spiro atoms. The van der Waals surface area contributed by atoms with Gasteiger partial charge in [-0.3, -0.25) is 9.59 Å². The maximum Gasteiger partial charge on any atom is 0.251 e. The molecule has 138 valence electrons. The van der Waals surface area contributed by atoms with Crippen molar-refractivity contribution in [2.24, 2.45) is 0 Å². The van der Waals surface area contributed by atoms with Gasteiger partial charge in [0.2, 0.25) is 5.91 Å². The summed E-state index contributed by atoms with van der Waals surface area (Å²) in [5, 5.41) is 8.00. The van der Waals surface area contributed by atoms with Crippen LogP contribution in [0.5, 0.6) is 0 Å². The van der Waals surface area contributed by atoms with E-state index in [2.05, 4.69) is 16.0 Å². The van der Waals surface area contributed by atoms with Crippen LogP contribution in [0.15, 0.2) is 42.5 Å². The van der Waals surface area contributed by atoms with Gasteiger partial charge in [0.25, 0.3) is 5.91 Å². The molecule has 0 saturated carbocycles. The molecule has 0 aromatic heterocycles. The SMILES string of the molecule is CC(C)(C)NC(=O)c1ccc(NCC(=O)Nc2cc(F)ccc2F)cc1. The summed E-state index contributed by atoms with van der Waals surface area (Å²) in [5.74, 6) is -2.07. The van der Waals surface area contributed by atoms with Crippen LogP contribution < -0.4 is 16.0 Å². The molecule has 26 heavy (non-hydrogen) atoms. The summed E-state index contributed by atoms with van der Waals surface area (Å²) in [7, 11) is 0. The largest absolute Gasteiger partial charge is 0.376 e. The topological polar surface area (TPSA) is 70.2 Å². The van der Waals surface area contributed by atoms with E-state index in [1.165, 1.54) is 0 Å². The van der Waals surface area contributed by atoms with Crippen LogP contribution in [0.1, 0.15) is 31.1 Å². The van der Waals surface area contributed by atoms with E-state index in [4.69, 9.17) is 0 Å². The summed E-state index contributed by atoms with van der Waals surface area (Å²) in [6.45, 7) is 5.53. The minimum atomic E-state index is -0.714. The van der Waals surface area contributed by atoms with E-state index in [0.29, 0.717) is 11.3 Å². The maximum atomic E-state index is 13.5. The maximum absolute atomic E-state index is 13.5. The highest BCUT2D eigenvalue weighted by molar-refractivity contribution is 5.95. The van der Waals surface area contributed by atoms with E-state index in [1.807, 2.05) is 20.8 Å². The van der Waals surface area contributed by atoms with Gasteiger partial charge in [-0.05, 0) is 57.2 Å². The Labute approximate surface area is 150 Å². The van der Waals surface area contributed by atoms with Crippen LogP contribution in [0.25, 0.3) is 0 Å². The smallest absolute Gasteiger partial charge is 0.251 e. The van der Waals surface area contributed by atoms with Crippen molar-refractivity contribution in [3.05, 3.63) is 59.7 Å². The van der Waals surface area contributed by atoms with Crippen LogP contribution in [-0.2, 0) is 4.79 Å². The minimum Gasteiger partial charge on any atom is -0.376 e. The number of amides is 2. The van der Waals surface area contributed by atoms with Gasteiger partial charge in [0, 0.05) is 22.9 Å². The Kier molecular flexibility index (Phi) is 5.92. The molecule has 2 aromatic rings. The Bertz CT molecular complexity index is 799. The van der Waals surface area contributed by atoms with Gasteiger partial charge in [0.15, 0.2) is 0 Å². The third kappa shape index (κ3) is 5.84. The van der Waals surface area contributed by atoms with Gasteiger partial charge in [-0.15, -0.1) is 0 Å². The first-order valence-corrected chi connectivity index (χ1v) is 8.05. The number of rotatable bonds is 5. The monoisotopic (exact) mass is 361 g/mol. The lowest BCUT2D eigenvalue weighted by Gasteiger charge is -2.20. The molecule has 0 aliphatic heterocycles. The molecule has 0 unspecified atom stereocenters. The third-order valence-corrected chi connectivity index (χ3v) is 3.29. The Morgan fingerprint density at radius 1 is 1.00 bits per heavy atom.